The molecule has 2 saturated heterocycles. The Hall–Kier alpha value is -0.360. The fourth-order valence-corrected chi connectivity index (χ4v) is 6.27. The van der Waals surface area contributed by atoms with Gasteiger partial charge in [-0.2, -0.15) is 0 Å². The first-order chi connectivity index (χ1) is 9.24. The van der Waals surface area contributed by atoms with Crippen LogP contribution in [0.2, 0.25) is 0 Å². The molecule has 3 rings (SSSR count). The molecule has 104 valence electrons. The van der Waals surface area contributed by atoms with E-state index < -0.39 is 6.29 Å². The number of rotatable bonds is 3. The zero-order valence-electron chi connectivity index (χ0n) is 10.9. The average molecular weight is 298 g/mol. The van der Waals surface area contributed by atoms with Gasteiger partial charge in [0, 0.05) is 23.8 Å². The fourth-order valence-electron chi connectivity index (χ4n) is 2.76. The Morgan fingerprint density at radius 3 is 2.47 bits per heavy atom. The summed E-state index contributed by atoms with van der Waals surface area (Å²) in [5.74, 6) is 3.56. The summed E-state index contributed by atoms with van der Waals surface area (Å²) < 4.78 is 10.6. The van der Waals surface area contributed by atoms with Crippen molar-refractivity contribution in [3.05, 3.63) is 29.8 Å². The van der Waals surface area contributed by atoms with E-state index >= 15 is 0 Å². The summed E-state index contributed by atoms with van der Waals surface area (Å²) in [7, 11) is 1.69. The van der Waals surface area contributed by atoms with Gasteiger partial charge in [0.05, 0.1) is 17.8 Å². The molecule has 2 aliphatic rings. The van der Waals surface area contributed by atoms with Crippen LogP contribution < -0.4 is 4.74 Å². The molecule has 0 radical (unpaired) electrons. The van der Waals surface area contributed by atoms with Crippen LogP contribution in [0.1, 0.15) is 12.0 Å². The number of hydrogen-bond donors (Lipinski definition) is 1. The van der Waals surface area contributed by atoms with E-state index in [0.717, 1.165) is 23.7 Å². The number of methoxy groups -OCH3 is 1. The Labute approximate surface area is 122 Å². The normalized spacial score (nSPS) is 29.6. The van der Waals surface area contributed by atoms with Gasteiger partial charge in [0.2, 0.25) is 0 Å². The predicted octanol–water partition coefficient (Wildman–Crippen LogP) is 2.68. The molecule has 2 unspecified atom stereocenters. The zero-order valence-corrected chi connectivity index (χ0v) is 12.5. The average Bonchev–Trinajstić information content (AvgIpc) is 3.08. The van der Waals surface area contributed by atoms with E-state index in [9.17, 15) is 5.11 Å². The van der Waals surface area contributed by atoms with Crippen molar-refractivity contribution in [3.63, 3.8) is 0 Å². The monoisotopic (exact) mass is 298 g/mol. The minimum atomic E-state index is -0.595. The van der Waals surface area contributed by atoms with Gasteiger partial charge in [0.1, 0.15) is 5.75 Å². The molecule has 5 heteroatoms. The van der Waals surface area contributed by atoms with Gasteiger partial charge >= 0.3 is 0 Å². The molecule has 1 aromatic rings. The highest BCUT2D eigenvalue weighted by Gasteiger charge is 2.47. The maximum Gasteiger partial charge on any atom is 0.154 e. The lowest BCUT2D eigenvalue weighted by atomic mass is 9.96. The SMILES string of the molecule is COc1ccc(C2(C3COC(O)C3)SCCS2)cc1. The molecule has 1 aromatic carbocycles. The summed E-state index contributed by atoms with van der Waals surface area (Å²) in [5, 5.41) is 9.64. The summed E-state index contributed by atoms with van der Waals surface area (Å²) in [6, 6.07) is 8.33. The third-order valence-corrected chi connectivity index (χ3v) is 7.50. The van der Waals surface area contributed by atoms with E-state index in [1.807, 2.05) is 35.7 Å². The lowest BCUT2D eigenvalue weighted by Gasteiger charge is -2.33. The molecule has 0 aliphatic carbocycles. The van der Waals surface area contributed by atoms with Crippen LogP contribution in [0.15, 0.2) is 24.3 Å². The zero-order chi connectivity index (χ0) is 13.3. The van der Waals surface area contributed by atoms with Crippen LogP contribution in [-0.2, 0) is 8.82 Å². The van der Waals surface area contributed by atoms with E-state index in [4.69, 9.17) is 9.47 Å². The molecule has 0 saturated carbocycles. The van der Waals surface area contributed by atoms with Crippen LogP contribution in [-0.4, -0.2) is 36.6 Å². The maximum atomic E-state index is 9.64. The minimum absolute atomic E-state index is 0.0315. The standard InChI is InChI=1S/C14H18O3S2/c1-16-12-4-2-10(3-5-12)14(18-6-7-19-14)11-8-13(15)17-9-11/h2-5,11,13,15H,6-9H2,1H3. The summed E-state index contributed by atoms with van der Waals surface area (Å²) in [6.07, 6.45) is 0.133. The summed E-state index contributed by atoms with van der Waals surface area (Å²) >= 11 is 3.97. The fraction of sp³-hybridized carbons (Fsp3) is 0.571. The van der Waals surface area contributed by atoms with Crippen molar-refractivity contribution in [1.82, 2.24) is 0 Å². The van der Waals surface area contributed by atoms with Gasteiger partial charge in [-0.1, -0.05) is 12.1 Å². The number of ether oxygens (including phenoxy) is 2. The predicted molar refractivity (Wildman–Crippen MR) is 79.7 cm³/mol. The lowest BCUT2D eigenvalue weighted by molar-refractivity contribution is -0.0591. The third kappa shape index (κ3) is 2.49. The second-order valence-electron chi connectivity index (χ2n) is 4.81. The number of aliphatic hydroxyl groups excluding tert-OH is 1. The first-order valence-corrected chi connectivity index (χ1v) is 8.44. The van der Waals surface area contributed by atoms with E-state index in [2.05, 4.69) is 12.1 Å². The summed E-state index contributed by atoms with van der Waals surface area (Å²) in [5.41, 5.74) is 1.31. The molecule has 0 amide bonds. The van der Waals surface area contributed by atoms with E-state index in [1.165, 1.54) is 5.56 Å². The number of benzene rings is 1. The highest BCUT2D eigenvalue weighted by molar-refractivity contribution is 8.20. The van der Waals surface area contributed by atoms with Crippen LogP contribution in [0.25, 0.3) is 0 Å². The van der Waals surface area contributed by atoms with Crippen LogP contribution >= 0.6 is 23.5 Å². The molecular weight excluding hydrogens is 280 g/mol. The van der Waals surface area contributed by atoms with Crippen molar-refractivity contribution in [1.29, 1.82) is 0 Å². The van der Waals surface area contributed by atoms with Crippen LogP contribution in [0.3, 0.4) is 0 Å². The Bertz CT molecular complexity index is 429. The van der Waals surface area contributed by atoms with Crippen LogP contribution in [0, 0.1) is 5.92 Å². The highest BCUT2D eigenvalue weighted by Crippen LogP contribution is 2.59. The molecule has 2 aliphatic heterocycles. The van der Waals surface area contributed by atoms with Crippen LogP contribution in [0.4, 0.5) is 0 Å². The smallest absolute Gasteiger partial charge is 0.154 e. The molecule has 19 heavy (non-hydrogen) atoms. The Morgan fingerprint density at radius 2 is 1.95 bits per heavy atom. The van der Waals surface area contributed by atoms with Crippen molar-refractivity contribution < 1.29 is 14.6 Å². The maximum absolute atomic E-state index is 9.64. The summed E-state index contributed by atoms with van der Waals surface area (Å²) in [6.45, 7) is 0.646. The largest absolute Gasteiger partial charge is 0.497 e. The van der Waals surface area contributed by atoms with Gasteiger partial charge in [-0.3, -0.25) is 0 Å². The van der Waals surface area contributed by atoms with E-state index in [-0.39, 0.29) is 4.08 Å². The second kappa shape index (κ2) is 5.56. The number of aliphatic hydroxyl groups is 1. The topological polar surface area (TPSA) is 38.7 Å². The Balaban J connectivity index is 1.90. The van der Waals surface area contributed by atoms with Gasteiger partial charge in [-0.25, -0.2) is 0 Å². The van der Waals surface area contributed by atoms with Gasteiger partial charge in [-0.15, -0.1) is 23.5 Å². The molecule has 1 N–H and O–H groups in total. The van der Waals surface area contributed by atoms with Gasteiger partial charge < -0.3 is 14.6 Å². The quantitative estimate of drug-likeness (QED) is 0.929. The third-order valence-electron chi connectivity index (χ3n) is 3.72. The Morgan fingerprint density at radius 1 is 1.26 bits per heavy atom. The van der Waals surface area contributed by atoms with Gasteiger partial charge in [0.15, 0.2) is 6.29 Å². The molecule has 3 nitrogen and oxygen atoms in total. The van der Waals surface area contributed by atoms with Crippen LogP contribution in [0.5, 0.6) is 5.75 Å². The minimum Gasteiger partial charge on any atom is -0.497 e. The lowest BCUT2D eigenvalue weighted by Crippen LogP contribution is -2.27. The first kappa shape index (κ1) is 13.6. The molecule has 0 aromatic heterocycles. The van der Waals surface area contributed by atoms with Crippen molar-refractivity contribution in [2.24, 2.45) is 5.92 Å². The molecule has 0 bridgehead atoms. The first-order valence-electron chi connectivity index (χ1n) is 6.47. The number of thioether (sulfide) groups is 2. The molecule has 0 spiro atoms. The molecule has 2 heterocycles. The van der Waals surface area contributed by atoms with Crippen molar-refractivity contribution in [3.8, 4) is 5.75 Å². The van der Waals surface area contributed by atoms with E-state index in [1.54, 1.807) is 7.11 Å². The molecule has 2 fully saturated rings. The van der Waals surface area contributed by atoms with Crippen molar-refractivity contribution >= 4 is 23.5 Å². The van der Waals surface area contributed by atoms with Crippen molar-refractivity contribution in [2.75, 3.05) is 25.2 Å². The molecule has 2 atom stereocenters. The highest BCUT2D eigenvalue weighted by atomic mass is 32.2. The van der Waals surface area contributed by atoms with E-state index in [0.29, 0.717) is 12.5 Å². The van der Waals surface area contributed by atoms with Gasteiger partial charge in [0.25, 0.3) is 0 Å². The Kier molecular flexibility index (Phi) is 3.98. The molecular formula is C14H18O3S2. The second-order valence-corrected chi connectivity index (χ2v) is 7.75. The summed E-state index contributed by atoms with van der Waals surface area (Å²) in [4.78, 5) is 0. The number of hydrogen-bond acceptors (Lipinski definition) is 5. The van der Waals surface area contributed by atoms with Gasteiger partial charge in [-0.05, 0) is 17.7 Å². The van der Waals surface area contributed by atoms with Crippen molar-refractivity contribution in [2.45, 2.75) is 16.8 Å².